The van der Waals surface area contributed by atoms with Crippen LogP contribution in [0.4, 0.5) is 0 Å². The van der Waals surface area contributed by atoms with Crippen LogP contribution in [0.1, 0.15) is 65.7 Å². The minimum atomic E-state index is 0.132. The average Bonchev–Trinajstić information content (AvgIpc) is 2.36. The second kappa shape index (κ2) is 6.55. The Kier molecular flexibility index (Phi) is 5.27. The van der Waals surface area contributed by atoms with E-state index in [0.29, 0.717) is 6.17 Å². The number of nitrogens with one attached hydrogen (secondary N) is 2. The standard InChI is InChI=1S/C16H33N3/c1-12-9-10-18-14(3)19-16(11-12,13(2)17)15-7-5-4-6-8-15/h12-15,18-19H,4-11,17H2,1-3H3. The molecule has 1 aliphatic carbocycles. The molecule has 0 spiro atoms. The van der Waals surface area contributed by atoms with Gasteiger partial charge >= 0.3 is 0 Å². The van der Waals surface area contributed by atoms with Crippen molar-refractivity contribution in [3.63, 3.8) is 0 Å². The highest BCUT2D eigenvalue weighted by atomic mass is 15.2. The fourth-order valence-electron chi connectivity index (χ4n) is 4.33. The van der Waals surface area contributed by atoms with Crippen molar-refractivity contribution in [1.82, 2.24) is 10.6 Å². The molecule has 0 aromatic rings. The van der Waals surface area contributed by atoms with Crippen LogP contribution in [0.2, 0.25) is 0 Å². The molecular formula is C16H33N3. The van der Waals surface area contributed by atoms with Crippen LogP contribution in [-0.2, 0) is 0 Å². The van der Waals surface area contributed by atoms with Crippen LogP contribution in [0.5, 0.6) is 0 Å². The van der Waals surface area contributed by atoms with Gasteiger partial charge < -0.3 is 11.1 Å². The quantitative estimate of drug-likeness (QED) is 0.721. The first kappa shape index (κ1) is 15.3. The van der Waals surface area contributed by atoms with Crippen molar-refractivity contribution in [2.45, 2.75) is 83.5 Å². The highest BCUT2D eigenvalue weighted by molar-refractivity contribution is 5.03. The third-order valence-electron chi connectivity index (χ3n) is 5.41. The van der Waals surface area contributed by atoms with Gasteiger partial charge in [-0.25, -0.2) is 0 Å². The van der Waals surface area contributed by atoms with Gasteiger partial charge in [0.2, 0.25) is 0 Å². The SMILES string of the molecule is CC1CCNC(C)NC(C(C)N)(C2CCCCC2)C1. The Labute approximate surface area is 119 Å². The molecule has 1 aliphatic heterocycles. The molecule has 0 radical (unpaired) electrons. The Morgan fingerprint density at radius 1 is 1.11 bits per heavy atom. The summed E-state index contributed by atoms with van der Waals surface area (Å²) in [5.41, 5.74) is 6.62. The van der Waals surface area contributed by atoms with E-state index in [1.54, 1.807) is 0 Å². The maximum Gasteiger partial charge on any atom is 0.0547 e. The maximum absolute atomic E-state index is 6.49. The minimum Gasteiger partial charge on any atom is -0.326 e. The molecule has 19 heavy (non-hydrogen) atoms. The molecule has 1 saturated carbocycles. The predicted octanol–water partition coefficient (Wildman–Crippen LogP) is 2.61. The minimum absolute atomic E-state index is 0.132. The lowest BCUT2D eigenvalue weighted by atomic mass is 9.67. The van der Waals surface area contributed by atoms with E-state index in [0.717, 1.165) is 18.4 Å². The van der Waals surface area contributed by atoms with Gasteiger partial charge in [-0.3, -0.25) is 5.32 Å². The summed E-state index contributed by atoms with van der Waals surface area (Å²) in [6, 6.07) is 0.223. The van der Waals surface area contributed by atoms with Gasteiger partial charge in [0.15, 0.2) is 0 Å². The summed E-state index contributed by atoms with van der Waals surface area (Å²) in [6.07, 6.45) is 9.78. The molecule has 2 fully saturated rings. The number of hydrogen-bond donors (Lipinski definition) is 3. The lowest BCUT2D eigenvalue weighted by molar-refractivity contribution is 0.0782. The molecule has 4 N–H and O–H groups in total. The van der Waals surface area contributed by atoms with Gasteiger partial charge in [-0.15, -0.1) is 0 Å². The summed E-state index contributed by atoms with van der Waals surface area (Å²) in [5.74, 6) is 1.51. The zero-order valence-electron chi connectivity index (χ0n) is 13.0. The Hall–Kier alpha value is -0.120. The lowest BCUT2D eigenvalue weighted by Gasteiger charge is -2.50. The highest BCUT2D eigenvalue weighted by Gasteiger charge is 2.44. The maximum atomic E-state index is 6.49. The Morgan fingerprint density at radius 3 is 2.42 bits per heavy atom. The number of nitrogens with two attached hydrogens (primary N) is 1. The second-order valence-corrected chi connectivity index (χ2v) is 7.08. The van der Waals surface area contributed by atoms with Gasteiger partial charge in [0.25, 0.3) is 0 Å². The first-order chi connectivity index (χ1) is 9.04. The van der Waals surface area contributed by atoms with E-state index >= 15 is 0 Å². The Bertz CT molecular complexity index is 259. The van der Waals surface area contributed by atoms with Crippen molar-refractivity contribution >= 4 is 0 Å². The number of hydrogen-bond acceptors (Lipinski definition) is 3. The molecule has 0 amide bonds. The predicted molar refractivity (Wildman–Crippen MR) is 82.0 cm³/mol. The molecular weight excluding hydrogens is 234 g/mol. The largest absolute Gasteiger partial charge is 0.326 e. The highest BCUT2D eigenvalue weighted by Crippen LogP contribution is 2.39. The second-order valence-electron chi connectivity index (χ2n) is 7.08. The molecule has 112 valence electrons. The topological polar surface area (TPSA) is 50.1 Å². The summed E-state index contributed by atoms with van der Waals surface area (Å²) in [4.78, 5) is 0. The normalized spacial score (nSPS) is 40.4. The molecule has 4 unspecified atom stereocenters. The molecule has 0 aromatic carbocycles. The summed E-state index contributed by atoms with van der Waals surface area (Å²) in [5, 5.41) is 7.49. The molecule has 1 saturated heterocycles. The smallest absolute Gasteiger partial charge is 0.0547 e. The molecule has 2 aliphatic rings. The summed E-state index contributed by atoms with van der Waals surface area (Å²) in [6.45, 7) is 7.97. The van der Waals surface area contributed by atoms with E-state index in [9.17, 15) is 0 Å². The van der Waals surface area contributed by atoms with Crippen LogP contribution < -0.4 is 16.4 Å². The summed E-state index contributed by atoms with van der Waals surface area (Å²) >= 11 is 0. The van der Waals surface area contributed by atoms with Gasteiger partial charge in [-0.2, -0.15) is 0 Å². The molecule has 1 heterocycles. The van der Waals surface area contributed by atoms with Crippen LogP contribution in [0.15, 0.2) is 0 Å². The Balaban J connectivity index is 2.21. The van der Waals surface area contributed by atoms with Crippen LogP contribution >= 0.6 is 0 Å². The van der Waals surface area contributed by atoms with Gasteiger partial charge in [0.05, 0.1) is 6.17 Å². The van der Waals surface area contributed by atoms with E-state index in [1.165, 1.54) is 44.9 Å². The zero-order chi connectivity index (χ0) is 13.9. The Morgan fingerprint density at radius 2 is 1.79 bits per heavy atom. The van der Waals surface area contributed by atoms with Crippen molar-refractivity contribution in [3.8, 4) is 0 Å². The third kappa shape index (κ3) is 3.50. The van der Waals surface area contributed by atoms with Crippen molar-refractivity contribution in [2.24, 2.45) is 17.6 Å². The van der Waals surface area contributed by atoms with Crippen molar-refractivity contribution < 1.29 is 0 Å². The fraction of sp³-hybridized carbons (Fsp3) is 1.00. The molecule has 0 aromatic heterocycles. The molecule has 3 nitrogen and oxygen atoms in total. The van der Waals surface area contributed by atoms with Crippen molar-refractivity contribution in [3.05, 3.63) is 0 Å². The first-order valence-corrected chi connectivity index (χ1v) is 8.31. The van der Waals surface area contributed by atoms with Gasteiger partial charge in [0.1, 0.15) is 0 Å². The van der Waals surface area contributed by atoms with Crippen LogP contribution in [-0.4, -0.2) is 24.3 Å². The van der Waals surface area contributed by atoms with Gasteiger partial charge in [-0.1, -0.05) is 26.2 Å². The number of rotatable bonds is 2. The molecule has 3 heteroatoms. The third-order valence-corrected chi connectivity index (χ3v) is 5.41. The molecule has 2 rings (SSSR count). The van der Waals surface area contributed by atoms with Crippen molar-refractivity contribution in [1.29, 1.82) is 0 Å². The lowest BCUT2D eigenvalue weighted by Crippen LogP contribution is -2.67. The van der Waals surface area contributed by atoms with E-state index < -0.39 is 0 Å². The fourth-order valence-corrected chi connectivity index (χ4v) is 4.33. The van der Waals surface area contributed by atoms with Crippen LogP contribution in [0.25, 0.3) is 0 Å². The van der Waals surface area contributed by atoms with Gasteiger partial charge in [-0.05, 0) is 57.9 Å². The first-order valence-electron chi connectivity index (χ1n) is 8.31. The van der Waals surface area contributed by atoms with Crippen molar-refractivity contribution in [2.75, 3.05) is 6.54 Å². The van der Waals surface area contributed by atoms with E-state index in [2.05, 4.69) is 31.4 Å². The monoisotopic (exact) mass is 267 g/mol. The van der Waals surface area contributed by atoms with Crippen LogP contribution in [0.3, 0.4) is 0 Å². The van der Waals surface area contributed by atoms with Crippen LogP contribution in [0, 0.1) is 11.8 Å². The van der Waals surface area contributed by atoms with E-state index in [4.69, 9.17) is 5.73 Å². The van der Waals surface area contributed by atoms with E-state index in [-0.39, 0.29) is 11.6 Å². The van der Waals surface area contributed by atoms with E-state index in [1.807, 2.05) is 0 Å². The van der Waals surface area contributed by atoms with Gasteiger partial charge in [0, 0.05) is 11.6 Å². The molecule has 4 atom stereocenters. The summed E-state index contributed by atoms with van der Waals surface area (Å²) < 4.78 is 0. The molecule has 0 bridgehead atoms. The zero-order valence-corrected chi connectivity index (χ0v) is 13.0. The summed E-state index contributed by atoms with van der Waals surface area (Å²) in [7, 11) is 0. The average molecular weight is 267 g/mol.